The van der Waals surface area contributed by atoms with Gasteiger partial charge in [0.25, 0.3) is 5.89 Å². The number of aromatic nitrogens is 2. The van der Waals surface area contributed by atoms with Crippen molar-refractivity contribution in [2.24, 2.45) is 0 Å². The number of carbonyl (C=O) groups excluding carboxylic acids is 1. The molecule has 1 amide bonds. The minimum atomic E-state index is -3.53. The van der Waals surface area contributed by atoms with Gasteiger partial charge in [-0.05, 0) is 37.0 Å². The van der Waals surface area contributed by atoms with E-state index in [2.05, 4.69) is 15.5 Å². The van der Waals surface area contributed by atoms with E-state index in [0.29, 0.717) is 29.9 Å². The monoisotopic (exact) mass is 441 g/mol. The second kappa shape index (κ2) is 9.87. The molecule has 2 aromatic carbocycles. The molecule has 0 spiro atoms. The van der Waals surface area contributed by atoms with Gasteiger partial charge < -0.3 is 9.84 Å². The number of nitrogens with zero attached hydrogens (tertiary/aromatic N) is 2. The maximum atomic E-state index is 12.6. The van der Waals surface area contributed by atoms with E-state index in [4.69, 9.17) is 4.52 Å². The third kappa shape index (κ3) is 6.24. The Morgan fingerprint density at radius 2 is 1.84 bits per heavy atom. The zero-order valence-electron chi connectivity index (χ0n) is 18.0. The normalized spacial score (nSPS) is 11.6. The number of sulfone groups is 1. The maximum absolute atomic E-state index is 12.6. The minimum Gasteiger partial charge on any atom is -0.334 e. The number of para-hydroxylation sites is 1. The van der Waals surface area contributed by atoms with Gasteiger partial charge in [-0.25, -0.2) is 8.42 Å². The number of aryl methyl sites for hydroxylation is 2. The Labute approximate surface area is 182 Å². The van der Waals surface area contributed by atoms with Gasteiger partial charge in [0.15, 0.2) is 15.7 Å². The van der Waals surface area contributed by atoms with Crippen molar-refractivity contribution in [1.29, 1.82) is 0 Å². The third-order valence-corrected chi connectivity index (χ3v) is 6.45. The van der Waals surface area contributed by atoms with Crippen molar-refractivity contribution in [3.8, 4) is 11.5 Å². The Hall–Kier alpha value is -3.00. The molecule has 0 unspecified atom stereocenters. The van der Waals surface area contributed by atoms with Gasteiger partial charge in [-0.15, -0.1) is 0 Å². The lowest BCUT2D eigenvalue weighted by atomic mass is 10.1. The molecule has 0 atom stereocenters. The largest absolute Gasteiger partial charge is 0.334 e. The standard InChI is InChI=1S/C23H27N3O4S/c1-16(2)22-25-23(30-26-22)19-13-7-9-17(3)21(19)24-20(27)15-31(28,29)14-8-12-18-10-5-4-6-11-18/h4-7,9-11,13,16H,8,12,14-15H2,1-3H3,(H,24,27). The number of amides is 1. The molecule has 0 bridgehead atoms. The van der Waals surface area contributed by atoms with Crippen LogP contribution in [-0.2, 0) is 21.1 Å². The van der Waals surface area contributed by atoms with E-state index in [1.165, 1.54) is 0 Å². The van der Waals surface area contributed by atoms with E-state index < -0.39 is 21.5 Å². The molecule has 3 aromatic rings. The second-order valence-corrected chi connectivity index (χ2v) is 10.0. The first-order valence-corrected chi connectivity index (χ1v) is 12.0. The van der Waals surface area contributed by atoms with Crippen LogP contribution in [0.4, 0.5) is 5.69 Å². The minimum absolute atomic E-state index is 0.0443. The van der Waals surface area contributed by atoms with Crippen LogP contribution in [0.2, 0.25) is 0 Å². The maximum Gasteiger partial charge on any atom is 0.260 e. The number of anilines is 1. The van der Waals surface area contributed by atoms with Crippen LogP contribution in [0.3, 0.4) is 0 Å². The molecule has 0 radical (unpaired) electrons. The van der Waals surface area contributed by atoms with Crippen molar-refractivity contribution in [2.75, 3.05) is 16.8 Å². The highest BCUT2D eigenvalue weighted by Crippen LogP contribution is 2.30. The lowest BCUT2D eigenvalue weighted by molar-refractivity contribution is -0.113. The molecule has 164 valence electrons. The van der Waals surface area contributed by atoms with Gasteiger partial charge in [0.05, 0.1) is 17.0 Å². The lowest BCUT2D eigenvalue weighted by Gasteiger charge is -2.12. The van der Waals surface area contributed by atoms with E-state index in [1.807, 2.05) is 63.2 Å². The molecule has 0 fully saturated rings. The molecular weight excluding hydrogens is 414 g/mol. The molecule has 0 aliphatic heterocycles. The van der Waals surface area contributed by atoms with E-state index in [9.17, 15) is 13.2 Å². The van der Waals surface area contributed by atoms with Crippen LogP contribution in [0.15, 0.2) is 53.1 Å². The summed E-state index contributed by atoms with van der Waals surface area (Å²) in [6, 6.07) is 15.1. The first-order valence-electron chi connectivity index (χ1n) is 10.2. The summed E-state index contributed by atoms with van der Waals surface area (Å²) in [5.41, 5.74) is 2.89. The molecule has 0 saturated carbocycles. The smallest absolute Gasteiger partial charge is 0.260 e. The Morgan fingerprint density at radius 1 is 1.10 bits per heavy atom. The SMILES string of the molecule is Cc1cccc(-c2nc(C(C)C)no2)c1NC(=O)CS(=O)(=O)CCCc1ccccc1. The van der Waals surface area contributed by atoms with Crippen molar-refractivity contribution in [3.05, 3.63) is 65.5 Å². The Kier molecular flexibility index (Phi) is 7.22. The van der Waals surface area contributed by atoms with Crippen molar-refractivity contribution in [2.45, 2.75) is 39.5 Å². The number of rotatable bonds is 9. The summed E-state index contributed by atoms with van der Waals surface area (Å²) in [7, 11) is -3.53. The molecule has 0 saturated heterocycles. The zero-order chi connectivity index (χ0) is 22.4. The van der Waals surface area contributed by atoms with Crippen molar-refractivity contribution < 1.29 is 17.7 Å². The molecule has 31 heavy (non-hydrogen) atoms. The van der Waals surface area contributed by atoms with Crippen LogP contribution < -0.4 is 5.32 Å². The van der Waals surface area contributed by atoms with Gasteiger partial charge in [-0.2, -0.15) is 4.98 Å². The Balaban J connectivity index is 1.67. The van der Waals surface area contributed by atoms with Crippen molar-refractivity contribution in [3.63, 3.8) is 0 Å². The molecule has 3 rings (SSSR count). The number of nitrogens with one attached hydrogen (secondary N) is 1. The van der Waals surface area contributed by atoms with Gasteiger partial charge in [-0.1, -0.05) is 61.5 Å². The summed E-state index contributed by atoms with van der Waals surface area (Å²) in [6.07, 6.45) is 1.12. The predicted molar refractivity (Wildman–Crippen MR) is 121 cm³/mol. The summed E-state index contributed by atoms with van der Waals surface area (Å²) in [6.45, 7) is 5.74. The first kappa shape index (κ1) is 22.7. The van der Waals surface area contributed by atoms with Crippen LogP contribution >= 0.6 is 0 Å². The van der Waals surface area contributed by atoms with Gasteiger partial charge in [0.2, 0.25) is 5.91 Å². The summed E-state index contributed by atoms with van der Waals surface area (Å²) < 4.78 is 30.2. The summed E-state index contributed by atoms with van der Waals surface area (Å²) >= 11 is 0. The fourth-order valence-corrected chi connectivity index (χ4v) is 4.38. The average Bonchev–Trinajstić information content (AvgIpc) is 3.20. The average molecular weight is 442 g/mol. The highest BCUT2D eigenvalue weighted by atomic mass is 32.2. The lowest BCUT2D eigenvalue weighted by Crippen LogP contribution is -2.25. The highest BCUT2D eigenvalue weighted by molar-refractivity contribution is 7.92. The zero-order valence-corrected chi connectivity index (χ0v) is 18.8. The molecule has 0 aliphatic carbocycles. The van der Waals surface area contributed by atoms with E-state index in [-0.39, 0.29) is 17.6 Å². The fraction of sp³-hybridized carbons (Fsp3) is 0.348. The molecule has 0 aliphatic rings. The second-order valence-electron chi connectivity index (χ2n) is 7.84. The highest BCUT2D eigenvalue weighted by Gasteiger charge is 2.21. The van der Waals surface area contributed by atoms with Crippen molar-refractivity contribution >= 4 is 21.4 Å². The van der Waals surface area contributed by atoms with Gasteiger partial charge >= 0.3 is 0 Å². The summed E-state index contributed by atoms with van der Waals surface area (Å²) in [4.78, 5) is 16.9. The fourth-order valence-electron chi connectivity index (χ4n) is 3.18. The van der Waals surface area contributed by atoms with Crippen LogP contribution in [-0.4, -0.2) is 36.0 Å². The number of benzene rings is 2. The Bertz CT molecular complexity index is 1140. The van der Waals surface area contributed by atoms with E-state index in [0.717, 1.165) is 11.1 Å². The predicted octanol–water partition coefficient (Wildman–Crippen LogP) is 4.15. The van der Waals surface area contributed by atoms with Crippen molar-refractivity contribution in [1.82, 2.24) is 10.1 Å². The summed E-state index contributed by atoms with van der Waals surface area (Å²) in [5.74, 6) is -0.253. The van der Waals surface area contributed by atoms with E-state index >= 15 is 0 Å². The molecule has 1 aromatic heterocycles. The van der Waals surface area contributed by atoms with E-state index in [1.54, 1.807) is 6.07 Å². The molecule has 7 nitrogen and oxygen atoms in total. The van der Waals surface area contributed by atoms with Gasteiger partial charge in [0, 0.05) is 5.92 Å². The number of hydrogen-bond acceptors (Lipinski definition) is 6. The van der Waals surface area contributed by atoms with Gasteiger partial charge in [-0.3, -0.25) is 4.79 Å². The quantitative estimate of drug-likeness (QED) is 0.535. The number of carbonyl (C=O) groups is 1. The molecule has 8 heteroatoms. The third-order valence-electron chi connectivity index (χ3n) is 4.84. The Morgan fingerprint density at radius 3 is 2.52 bits per heavy atom. The van der Waals surface area contributed by atoms with Crippen LogP contribution in [0.25, 0.3) is 11.5 Å². The molecule has 1 N–H and O–H groups in total. The van der Waals surface area contributed by atoms with Crippen LogP contribution in [0, 0.1) is 6.92 Å². The summed E-state index contributed by atoms with van der Waals surface area (Å²) in [5, 5.41) is 6.70. The molecule has 1 heterocycles. The first-order chi connectivity index (χ1) is 14.7. The number of hydrogen-bond donors (Lipinski definition) is 1. The van der Waals surface area contributed by atoms with Crippen LogP contribution in [0.1, 0.15) is 43.1 Å². The van der Waals surface area contributed by atoms with Gasteiger partial charge in [0.1, 0.15) is 5.75 Å². The molecular formula is C23H27N3O4S. The topological polar surface area (TPSA) is 102 Å². The van der Waals surface area contributed by atoms with Crippen LogP contribution in [0.5, 0.6) is 0 Å².